The lowest BCUT2D eigenvalue weighted by molar-refractivity contribution is -0.305. The van der Waals surface area contributed by atoms with Crippen molar-refractivity contribution >= 4 is 5.97 Å². The third kappa shape index (κ3) is 44.3. The van der Waals surface area contributed by atoms with Gasteiger partial charge in [-0.3, -0.25) is 4.79 Å². The van der Waals surface area contributed by atoms with Crippen molar-refractivity contribution in [2.45, 2.75) is 372 Å². The molecule has 4 N–H and O–H groups in total. The van der Waals surface area contributed by atoms with Crippen molar-refractivity contribution in [2.75, 3.05) is 26.4 Å². The highest BCUT2D eigenvalue weighted by atomic mass is 16.7. The number of rotatable bonds is 58. The maximum absolute atomic E-state index is 12.9. The van der Waals surface area contributed by atoms with Gasteiger partial charge in [-0.2, -0.15) is 0 Å². The predicted octanol–water partition coefficient (Wildman–Crippen LogP) is 17.3. The molecule has 0 aliphatic carbocycles. The molecule has 1 aliphatic heterocycles. The van der Waals surface area contributed by atoms with Gasteiger partial charge in [0.1, 0.15) is 30.5 Å². The molecule has 1 fully saturated rings. The molecular formula is C63H124O9. The lowest BCUT2D eigenvalue weighted by Crippen LogP contribution is -2.59. The molecular weight excluding hydrogens is 901 g/mol. The zero-order valence-electron chi connectivity index (χ0n) is 48.0. The van der Waals surface area contributed by atoms with Crippen molar-refractivity contribution in [3.63, 3.8) is 0 Å². The van der Waals surface area contributed by atoms with Gasteiger partial charge < -0.3 is 39.4 Å². The summed E-state index contributed by atoms with van der Waals surface area (Å²) in [6.45, 7) is 4.66. The van der Waals surface area contributed by atoms with Crippen LogP contribution in [0.5, 0.6) is 0 Å². The molecule has 6 unspecified atom stereocenters. The second-order valence-corrected chi connectivity index (χ2v) is 22.6. The molecule has 9 heteroatoms. The topological polar surface area (TPSA) is 135 Å². The lowest BCUT2D eigenvalue weighted by atomic mass is 9.99. The molecule has 1 saturated heterocycles. The largest absolute Gasteiger partial charge is 0.457 e. The van der Waals surface area contributed by atoms with Gasteiger partial charge in [-0.05, 0) is 12.8 Å². The Bertz CT molecular complexity index is 1080. The number of aliphatic hydroxyl groups excluding tert-OH is 4. The molecule has 6 atom stereocenters. The molecule has 9 nitrogen and oxygen atoms in total. The highest BCUT2D eigenvalue weighted by Gasteiger charge is 2.44. The third-order valence-electron chi connectivity index (χ3n) is 15.5. The number of esters is 1. The van der Waals surface area contributed by atoms with Crippen molar-refractivity contribution in [1.82, 2.24) is 0 Å². The number of carbonyl (C=O) groups excluding carboxylic acids is 1. The highest BCUT2D eigenvalue weighted by Crippen LogP contribution is 2.23. The van der Waals surface area contributed by atoms with Crippen LogP contribution >= 0.6 is 0 Å². The van der Waals surface area contributed by atoms with Gasteiger partial charge in [0.25, 0.3) is 0 Å². The fourth-order valence-corrected chi connectivity index (χ4v) is 10.6. The van der Waals surface area contributed by atoms with Crippen LogP contribution in [0.15, 0.2) is 0 Å². The summed E-state index contributed by atoms with van der Waals surface area (Å²) in [6, 6.07) is 0. The van der Waals surface area contributed by atoms with Gasteiger partial charge in [-0.1, -0.05) is 316 Å². The van der Waals surface area contributed by atoms with Crippen molar-refractivity contribution in [2.24, 2.45) is 0 Å². The molecule has 0 aromatic heterocycles. The van der Waals surface area contributed by atoms with Gasteiger partial charge in [-0.15, -0.1) is 0 Å². The quantitative estimate of drug-likeness (QED) is 0.0347. The van der Waals surface area contributed by atoms with Crippen LogP contribution in [0.2, 0.25) is 0 Å². The summed E-state index contributed by atoms with van der Waals surface area (Å²) in [5, 5.41) is 40.4. The van der Waals surface area contributed by atoms with E-state index < -0.39 is 43.4 Å². The van der Waals surface area contributed by atoms with Gasteiger partial charge in [0.2, 0.25) is 0 Å². The lowest BCUT2D eigenvalue weighted by Gasteiger charge is -2.39. The average Bonchev–Trinajstić information content (AvgIpc) is 3.38. The summed E-state index contributed by atoms with van der Waals surface area (Å²) in [4.78, 5) is 12.9. The van der Waals surface area contributed by atoms with E-state index in [-0.39, 0.29) is 19.2 Å². The van der Waals surface area contributed by atoms with Gasteiger partial charge in [0, 0.05) is 13.0 Å². The first-order chi connectivity index (χ1) is 35.4. The van der Waals surface area contributed by atoms with Crippen LogP contribution in [0.25, 0.3) is 0 Å². The van der Waals surface area contributed by atoms with E-state index in [0.29, 0.717) is 13.0 Å². The molecule has 0 radical (unpaired) electrons. The van der Waals surface area contributed by atoms with E-state index in [0.717, 1.165) is 32.1 Å². The summed E-state index contributed by atoms with van der Waals surface area (Å²) in [5.74, 6) is -0.301. The van der Waals surface area contributed by atoms with E-state index in [1.54, 1.807) is 0 Å². The second kappa shape index (κ2) is 55.0. The zero-order valence-corrected chi connectivity index (χ0v) is 48.0. The van der Waals surface area contributed by atoms with E-state index in [2.05, 4.69) is 13.8 Å². The molecule has 0 aromatic carbocycles. The molecule has 1 rings (SSSR count). The number of carbonyl (C=O) groups is 1. The van der Waals surface area contributed by atoms with Crippen LogP contribution in [-0.2, 0) is 23.7 Å². The Morgan fingerprint density at radius 2 is 0.681 bits per heavy atom. The first kappa shape index (κ1) is 69.2. The smallest absolute Gasteiger partial charge is 0.306 e. The first-order valence-electron chi connectivity index (χ1n) is 32.1. The van der Waals surface area contributed by atoms with Crippen LogP contribution in [0.1, 0.15) is 335 Å². The minimum Gasteiger partial charge on any atom is -0.457 e. The summed E-state index contributed by atoms with van der Waals surface area (Å²) < 4.78 is 23.0. The van der Waals surface area contributed by atoms with Crippen molar-refractivity contribution in [3.05, 3.63) is 0 Å². The number of unbranched alkanes of at least 4 members (excludes halogenated alkanes) is 47. The molecule has 430 valence electrons. The molecule has 1 aliphatic rings. The maximum Gasteiger partial charge on any atom is 0.306 e. The van der Waals surface area contributed by atoms with E-state index in [9.17, 15) is 25.2 Å². The van der Waals surface area contributed by atoms with Crippen molar-refractivity contribution in [3.8, 4) is 0 Å². The minimum atomic E-state index is -1.53. The highest BCUT2D eigenvalue weighted by molar-refractivity contribution is 5.69. The van der Waals surface area contributed by atoms with Gasteiger partial charge in [0.15, 0.2) is 6.29 Å². The molecule has 0 amide bonds. The van der Waals surface area contributed by atoms with E-state index in [1.807, 2.05) is 0 Å². The Morgan fingerprint density at radius 3 is 0.986 bits per heavy atom. The number of hydrogen-bond acceptors (Lipinski definition) is 9. The Balaban J connectivity index is 2.08. The fourth-order valence-electron chi connectivity index (χ4n) is 10.6. The van der Waals surface area contributed by atoms with Crippen LogP contribution in [0.3, 0.4) is 0 Å². The molecule has 0 saturated carbocycles. The minimum absolute atomic E-state index is 0.104. The van der Waals surface area contributed by atoms with E-state index >= 15 is 0 Å². The second-order valence-electron chi connectivity index (χ2n) is 22.6. The summed E-state index contributed by atoms with van der Waals surface area (Å²) in [6.07, 6.45) is 58.9. The number of hydrogen-bond donors (Lipinski definition) is 4. The zero-order chi connectivity index (χ0) is 52.1. The average molecular weight is 1030 g/mol. The Morgan fingerprint density at radius 1 is 0.389 bits per heavy atom. The summed E-state index contributed by atoms with van der Waals surface area (Å²) >= 11 is 0. The van der Waals surface area contributed by atoms with Crippen molar-refractivity contribution < 1.29 is 44.2 Å². The van der Waals surface area contributed by atoms with Gasteiger partial charge in [0.05, 0.1) is 19.8 Å². The Hall–Kier alpha value is -0.810. The Labute approximate surface area is 446 Å². The monoisotopic (exact) mass is 1020 g/mol. The van der Waals surface area contributed by atoms with Crippen LogP contribution in [0, 0.1) is 0 Å². The summed E-state index contributed by atoms with van der Waals surface area (Å²) in [7, 11) is 0. The Kier molecular flexibility index (Phi) is 52.8. The SMILES string of the molecule is CCCCCCCCCCCCCCCCCCCCCCCCCCCOCC(COC1OC(CO)C(O)C(O)C1O)OC(=O)CCCCCCCCCCCCCCCCCCCCCCCCCC. The molecule has 72 heavy (non-hydrogen) atoms. The molecule has 1 heterocycles. The van der Waals surface area contributed by atoms with Gasteiger partial charge in [-0.25, -0.2) is 0 Å². The predicted molar refractivity (Wildman–Crippen MR) is 303 cm³/mol. The molecule has 0 spiro atoms. The van der Waals surface area contributed by atoms with Crippen LogP contribution in [0.4, 0.5) is 0 Å². The fraction of sp³-hybridized carbons (Fsp3) is 0.984. The van der Waals surface area contributed by atoms with Crippen LogP contribution < -0.4 is 0 Å². The maximum atomic E-state index is 12.9. The summed E-state index contributed by atoms with van der Waals surface area (Å²) in [5.41, 5.74) is 0. The molecule has 0 aromatic rings. The number of aliphatic hydroxyl groups is 4. The first-order valence-corrected chi connectivity index (χ1v) is 32.1. The van der Waals surface area contributed by atoms with Crippen LogP contribution in [-0.4, -0.2) is 89.6 Å². The normalized spacial score (nSPS) is 18.6. The number of ether oxygens (including phenoxy) is 4. The van der Waals surface area contributed by atoms with E-state index in [4.69, 9.17) is 18.9 Å². The molecule has 0 bridgehead atoms. The van der Waals surface area contributed by atoms with E-state index in [1.165, 1.54) is 283 Å². The third-order valence-corrected chi connectivity index (χ3v) is 15.5. The van der Waals surface area contributed by atoms with Gasteiger partial charge >= 0.3 is 5.97 Å². The van der Waals surface area contributed by atoms with Crippen molar-refractivity contribution in [1.29, 1.82) is 0 Å². The standard InChI is InChI=1S/C63H124O9/c1-3-5-7-9-11-13-15-17-19-21-23-25-27-29-31-33-35-37-39-41-43-45-47-49-51-53-69-55-57(56-70-63-62(68)61(67)60(66)58(54-64)72-63)71-59(65)52-50-48-46-44-42-40-38-36-34-32-30-28-26-24-22-20-18-16-14-12-10-8-6-4-2/h57-58,60-64,66-68H,3-56H2,1-2H3.